The predicted molar refractivity (Wildman–Crippen MR) is 65.8 cm³/mol. The Morgan fingerprint density at radius 1 is 1.50 bits per heavy atom. The largest absolute Gasteiger partial charge is 0.198 e. The maximum absolute atomic E-state index is 8.80. The number of hydrogen-bond donors (Lipinski definition) is 0. The van der Waals surface area contributed by atoms with E-state index in [1.807, 2.05) is 18.2 Å². The average molecular weight is 337 g/mol. The summed E-state index contributed by atoms with van der Waals surface area (Å²) in [6.07, 6.45) is 0.688. The van der Waals surface area contributed by atoms with Gasteiger partial charge in [-0.15, -0.1) is 0 Å². The van der Waals surface area contributed by atoms with Crippen molar-refractivity contribution in [2.75, 3.05) is 5.33 Å². The van der Waals surface area contributed by atoms with Gasteiger partial charge in [0.1, 0.15) is 0 Å². The minimum absolute atomic E-state index is 0.0197. The molecule has 0 fully saturated rings. The maximum Gasteiger partial charge on any atom is 0.0668 e. The standard InChI is InChI=1S/C10H8Br2ClN/c11-5-7(6-14)3-8-1-2-9(12)4-10(8)13/h1-2,4,7H,3,5H2. The van der Waals surface area contributed by atoms with Gasteiger partial charge < -0.3 is 0 Å². The van der Waals surface area contributed by atoms with E-state index >= 15 is 0 Å². The van der Waals surface area contributed by atoms with Gasteiger partial charge >= 0.3 is 0 Å². The maximum atomic E-state index is 8.80. The number of benzene rings is 1. The summed E-state index contributed by atoms with van der Waals surface area (Å²) < 4.78 is 0.957. The van der Waals surface area contributed by atoms with E-state index in [0.717, 1.165) is 10.0 Å². The quantitative estimate of drug-likeness (QED) is 0.759. The lowest BCUT2D eigenvalue weighted by Crippen LogP contribution is -2.03. The molecule has 1 unspecified atom stereocenters. The second-order valence-corrected chi connectivity index (χ2v) is 4.89. The van der Waals surface area contributed by atoms with E-state index in [9.17, 15) is 0 Å². The molecular weight excluding hydrogens is 329 g/mol. The first-order chi connectivity index (χ1) is 6.67. The molecular formula is C10H8Br2ClN. The summed E-state index contributed by atoms with van der Waals surface area (Å²) in [4.78, 5) is 0. The van der Waals surface area contributed by atoms with Gasteiger partial charge in [0.05, 0.1) is 12.0 Å². The molecule has 1 aromatic rings. The molecule has 1 nitrogen and oxygen atoms in total. The highest BCUT2D eigenvalue weighted by molar-refractivity contribution is 9.10. The molecule has 0 aromatic heterocycles. The van der Waals surface area contributed by atoms with E-state index in [-0.39, 0.29) is 5.92 Å². The third-order valence-corrected chi connectivity index (χ3v) is 3.48. The molecule has 0 aliphatic heterocycles. The Labute approximate surface area is 105 Å². The van der Waals surface area contributed by atoms with Gasteiger partial charge in [0.15, 0.2) is 0 Å². The zero-order valence-corrected chi connectivity index (χ0v) is 11.2. The molecule has 1 atom stereocenters. The topological polar surface area (TPSA) is 23.8 Å². The molecule has 74 valence electrons. The van der Waals surface area contributed by atoms with E-state index in [1.54, 1.807) is 0 Å². The molecule has 14 heavy (non-hydrogen) atoms. The van der Waals surface area contributed by atoms with E-state index < -0.39 is 0 Å². The van der Waals surface area contributed by atoms with Gasteiger partial charge in [-0.25, -0.2) is 0 Å². The molecule has 0 radical (unpaired) electrons. The van der Waals surface area contributed by atoms with Crippen LogP contribution in [0.4, 0.5) is 0 Å². The molecule has 0 aliphatic rings. The van der Waals surface area contributed by atoms with Gasteiger partial charge in [-0.3, -0.25) is 0 Å². The fraction of sp³-hybridized carbons (Fsp3) is 0.300. The van der Waals surface area contributed by atoms with E-state index in [4.69, 9.17) is 16.9 Å². The van der Waals surface area contributed by atoms with Crippen molar-refractivity contribution >= 4 is 43.5 Å². The van der Waals surface area contributed by atoms with Crippen LogP contribution in [0.3, 0.4) is 0 Å². The average Bonchev–Trinajstić information content (AvgIpc) is 2.17. The Bertz CT molecular complexity index is 360. The van der Waals surface area contributed by atoms with Crippen LogP contribution < -0.4 is 0 Å². The van der Waals surface area contributed by atoms with Crippen molar-refractivity contribution in [3.8, 4) is 6.07 Å². The monoisotopic (exact) mass is 335 g/mol. The Hall–Kier alpha value is -0.0400. The molecule has 0 spiro atoms. The number of alkyl halides is 1. The van der Waals surface area contributed by atoms with Crippen molar-refractivity contribution in [2.24, 2.45) is 5.92 Å². The van der Waals surface area contributed by atoms with Crippen LogP contribution in [0.25, 0.3) is 0 Å². The third kappa shape index (κ3) is 3.27. The fourth-order valence-electron chi connectivity index (χ4n) is 1.09. The first-order valence-electron chi connectivity index (χ1n) is 4.07. The zero-order valence-electron chi connectivity index (χ0n) is 7.30. The first kappa shape index (κ1) is 12.0. The van der Waals surface area contributed by atoms with Crippen LogP contribution in [0.5, 0.6) is 0 Å². The summed E-state index contributed by atoms with van der Waals surface area (Å²) in [7, 11) is 0. The van der Waals surface area contributed by atoms with Crippen LogP contribution in [-0.4, -0.2) is 5.33 Å². The molecule has 0 aliphatic carbocycles. The number of halogens is 3. The smallest absolute Gasteiger partial charge is 0.0668 e. The van der Waals surface area contributed by atoms with E-state index in [0.29, 0.717) is 16.8 Å². The third-order valence-electron chi connectivity index (χ3n) is 1.85. The van der Waals surface area contributed by atoms with Crippen molar-refractivity contribution < 1.29 is 0 Å². The summed E-state index contributed by atoms with van der Waals surface area (Å²) in [5.41, 5.74) is 1.01. The van der Waals surface area contributed by atoms with Crippen molar-refractivity contribution in [2.45, 2.75) is 6.42 Å². The molecule has 1 aromatic carbocycles. The Balaban J connectivity index is 2.82. The lowest BCUT2D eigenvalue weighted by atomic mass is 10.0. The summed E-state index contributed by atoms with van der Waals surface area (Å²) >= 11 is 12.7. The van der Waals surface area contributed by atoms with Crippen molar-refractivity contribution in [3.05, 3.63) is 33.3 Å². The number of hydrogen-bond acceptors (Lipinski definition) is 1. The normalized spacial score (nSPS) is 12.1. The SMILES string of the molecule is N#CC(CBr)Cc1ccc(Br)cc1Cl. The lowest BCUT2D eigenvalue weighted by molar-refractivity contribution is 0.756. The Kier molecular flexibility index (Phi) is 4.94. The zero-order chi connectivity index (χ0) is 10.6. The Morgan fingerprint density at radius 3 is 2.71 bits per heavy atom. The van der Waals surface area contributed by atoms with Crippen LogP contribution in [0.1, 0.15) is 5.56 Å². The van der Waals surface area contributed by atoms with Gasteiger partial charge in [-0.2, -0.15) is 5.26 Å². The van der Waals surface area contributed by atoms with Crippen molar-refractivity contribution in [3.63, 3.8) is 0 Å². The van der Waals surface area contributed by atoms with Gasteiger partial charge in [0.2, 0.25) is 0 Å². The van der Waals surface area contributed by atoms with Gasteiger partial charge in [-0.05, 0) is 24.1 Å². The minimum atomic E-state index is -0.0197. The second kappa shape index (κ2) is 5.75. The van der Waals surface area contributed by atoms with Crippen LogP contribution in [0.15, 0.2) is 22.7 Å². The van der Waals surface area contributed by atoms with Gasteiger partial charge in [-0.1, -0.05) is 49.5 Å². The highest BCUT2D eigenvalue weighted by Gasteiger charge is 2.09. The second-order valence-electron chi connectivity index (χ2n) is 2.92. The molecule has 0 amide bonds. The molecule has 0 bridgehead atoms. The highest BCUT2D eigenvalue weighted by Crippen LogP contribution is 2.23. The van der Waals surface area contributed by atoms with Gasteiger partial charge in [0.25, 0.3) is 0 Å². The summed E-state index contributed by atoms with van der Waals surface area (Å²) in [5.74, 6) is -0.0197. The number of nitrogens with zero attached hydrogens (tertiary/aromatic N) is 1. The summed E-state index contributed by atoms with van der Waals surface area (Å²) in [6, 6.07) is 7.95. The van der Waals surface area contributed by atoms with Crippen molar-refractivity contribution in [1.29, 1.82) is 5.26 Å². The van der Waals surface area contributed by atoms with Crippen LogP contribution in [0.2, 0.25) is 5.02 Å². The lowest BCUT2D eigenvalue weighted by Gasteiger charge is -2.07. The van der Waals surface area contributed by atoms with Gasteiger partial charge in [0, 0.05) is 14.8 Å². The van der Waals surface area contributed by atoms with E-state index in [2.05, 4.69) is 37.9 Å². The molecule has 0 heterocycles. The molecule has 1 rings (SSSR count). The minimum Gasteiger partial charge on any atom is -0.198 e. The Morgan fingerprint density at radius 2 is 2.21 bits per heavy atom. The van der Waals surface area contributed by atoms with Crippen LogP contribution in [-0.2, 0) is 6.42 Å². The first-order valence-corrected chi connectivity index (χ1v) is 6.36. The predicted octanol–water partition coefficient (Wildman–Crippen LogP) is 4.18. The molecule has 0 saturated carbocycles. The summed E-state index contributed by atoms with van der Waals surface area (Å²) in [5, 5.41) is 10.2. The number of nitriles is 1. The molecule has 4 heteroatoms. The highest BCUT2D eigenvalue weighted by atomic mass is 79.9. The molecule has 0 saturated heterocycles. The van der Waals surface area contributed by atoms with Crippen LogP contribution in [0, 0.1) is 17.2 Å². The number of rotatable bonds is 3. The van der Waals surface area contributed by atoms with Crippen molar-refractivity contribution in [1.82, 2.24) is 0 Å². The van der Waals surface area contributed by atoms with Crippen LogP contribution >= 0.6 is 43.5 Å². The molecule has 0 N–H and O–H groups in total. The fourth-order valence-corrected chi connectivity index (χ4v) is 2.21. The van der Waals surface area contributed by atoms with E-state index in [1.165, 1.54) is 0 Å². The summed E-state index contributed by atoms with van der Waals surface area (Å²) in [6.45, 7) is 0.